The summed E-state index contributed by atoms with van der Waals surface area (Å²) in [4.78, 5) is 11.5. The largest absolute Gasteiger partial charge is 0.497 e. The number of anilines is 1. The molecule has 0 radical (unpaired) electrons. The van der Waals surface area contributed by atoms with Crippen molar-refractivity contribution in [3.8, 4) is 5.75 Å². The van der Waals surface area contributed by atoms with E-state index in [1.165, 1.54) is 11.1 Å². The van der Waals surface area contributed by atoms with E-state index in [1.54, 1.807) is 7.11 Å². The molecule has 1 aliphatic heterocycles. The van der Waals surface area contributed by atoms with Crippen LogP contribution in [0.4, 0.5) is 5.69 Å². The van der Waals surface area contributed by atoms with Crippen LogP contribution in [0.15, 0.2) is 42.5 Å². The molecule has 1 amide bonds. The van der Waals surface area contributed by atoms with Crippen molar-refractivity contribution in [2.24, 2.45) is 0 Å². The Kier molecular flexibility index (Phi) is 3.97. The number of halogens is 1. The molecular weight excluding hydrogens is 330 g/mol. The van der Waals surface area contributed by atoms with E-state index < -0.39 is 0 Å². The first-order chi connectivity index (χ1) is 10.2. The Morgan fingerprint density at radius 1 is 1.14 bits per heavy atom. The number of carbonyl (C=O) groups excluding carboxylic acids is 1. The zero-order valence-corrected chi connectivity index (χ0v) is 13.3. The standard InChI is InChI=1S/C17H16BrNO2/c1-21-14-4-2-3-12(10-14)17(18)13-5-7-15-11(9-13)6-8-16(20)19-15/h2-5,7,9-10,17H,6,8H2,1H3,(H,19,20). The maximum Gasteiger partial charge on any atom is 0.224 e. The van der Waals surface area contributed by atoms with E-state index in [1.807, 2.05) is 30.3 Å². The van der Waals surface area contributed by atoms with Crippen molar-refractivity contribution in [2.75, 3.05) is 12.4 Å². The summed E-state index contributed by atoms with van der Waals surface area (Å²) in [7, 11) is 1.67. The Balaban J connectivity index is 1.91. The molecule has 1 unspecified atom stereocenters. The van der Waals surface area contributed by atoms with Crippen molar-refractivity contribution in [3.63, 3.8) is 0 Å². The highest BCUT2D eigenvalue weighted by Crippen LogP contribution is 2.35. The molecule has 3 nitrogen and oxygen atoms in total. The zero-order valence-electron chi connectivity index (χ0n) is 11.7. The molecule has 21 heavy (non-hydrogen) atoms. The first-order valence-electron chi connectivity index (χ1n) is 6.88. The average molecular weight is 346 g/mol. The second kappa shape index (κ2) is 5.90. The van der Waals surface area contributed by atoms with Crippen LogP contribution in [-0.2, 0) is 11.2 Å². The number of alkyl halides is 1. The van der Waals surface area contributed by atoms with Crippen LogP contribution in [0.5, 0.6) is 5.75 Å². The van der Waals surface area contributed by atoms with Gasteiger partial charge in [-0.05, 0) is 41.3 Å². The van der Waals surface area contributed by atoms with Gasteiger partial charge < -0.3 is 10.1 Å². The Hall–Kier alpha value is -1.81. The second-order valence-corrected chi connectivity index (χ2v) is 6.02. The van der Waals surface area contributed by atoms with E-state index in [0.29, 0.717) is 6.42 Å². The Morgan fingerprint density at radius 2 is 1.95 bits per heavy atom. The van der Waals surface area contributed by atoms with Gasteiger partial charge in [0.15, 0.2) is 0 Å². The molecule has 0 saturated heterocycles. The topological polar surface area (TPSA) is 38.3 Å². The van der Waals surface area contributed by atoms with E-state index in [-0.39, 0.29) is 10.7 Å². The third-order valence-electron chi connectivity index (χ3n) is 3.70. The highest BCUT2D eigenvalue weighted by molar-refractivity contribution is 9.09. The molecule has 0 bridgehead atoms. The molecule has 0 saturated carbocycles. The van der Waals surface area contributed by atoms with Gasteiger partial charge in [-0.25, -0.2) is 0 Å². The second-order valence-electron chi connectivity index (χ2n) is 5.10. The number of hydrogen-bond acceptors (Lipinski definition) is 2. The van der Waals surface area contributed by atoms with E-state index in [9.17, 15) is 4.79 Å². The van der Waals surface area contributed by atoms with Crippen LogP contribution in [0.1, 0.15) is 27.9 Å². The SMILES string of the molecule is COc1cccc(C(Br)c2ccc3c(c2)CCC(=O)N3)c1. The Bertz CT molecular complexity index is 684. The van der Waals surface area contributed by atoms with Crippen molar-refractivity contribution in [3.05, 3.63) is 59.2 Å². The molecule has 0 aliphatic carbocycles. The van der Waals surface area contributed by atoms with Gasteiger partial charge in [0.1, 0.15) is 5.75 Å². The van der Waals surface area contributed by atoms with Gasteiger partial charge in [-0.3, -0.25) is 4.79 Å². The summed E-state index contributed by atoms with van der Waals surface area (Å²) in [5, 5.41) is 2.91. The molecule has 1 heterocycles. The fraction of sp³-hybridized carbons (Fsp3) is 0.235. The lowest BCUT2D eigenvalue weighted by Crippen LogP contribution is -2.19. The number of rotatable bonds is 3. The number of fused-ring (bicyclic) bond motifs is 1. The predicted octanol–water partition coefficient (Wildman–Crippen LogP) is 4.06. The van der Waals surface area contributed by atoms with Crippen LogP contribution in [0.25, 0.3) is 0 Å². The molecule has 3 rings (SSSR count). The quantitative estimate of drug-likeness (QED) is 0.851. The van der Waals surface area contributed by atoms with Gasteiger partial charge in [-0.2, -0.15) is 0 Å². The van der Waals surface area contributed by atoms with Crippen LogP contribution in [0.2, 0.25) is 0 Å². The van der Waals surface area contributed by atoms with Crippen molar-refractivity contribution in [2.45, 2.75) is 17.7 Å². The van der Waals surface area contributed by atoms with Crippen molar-refractivity contribution >= 4 is 27.5 Å². The summed E-state index contributed by atoms with van der Waals surface area (Å²) in [5.74, 6) is 0.945. The summed E-state index contributed by atoms with van der Waals surface area (Å²) in [5.41, 5.74) is 4.45. The third-order valence-corrected chi connectivity index (χ3v) is 4.76. The summed E-state index contributed by atoms with van der Waals surface area (Å²) in [6, 6.07) is 14.2. The van der Waals surface area contributed by atoms with Crippen molar-refractivity contribution in [1.82, 2.24) is 0 Å². The summed E-state index contributed by atoms with van der Waals surface area (Å²) < 4.78 is 5.27. The van der Waals surface area contributed by atoms with Crippen LogP contribution < -0.4 is 10.1 Å². The van der Waals surface area contributed by atoms with Gasteiger partial charge >= 0.3 is 0 Å². The van der Waals surface area contributed by atoms with Crippen molar-refractivity contribution in [1.29, 1.82) is 0 Å². The molecular formula is C17H16BrNO2. The zero-order chi connectivity index (χ0) is 14.8. The number of nitrogens with one attached hydrogen (secondary N) is 1. The minimum atomic E-state index is 0.0958. The van der Waals surface area contributed by atoms with E-state index in [2.05, 4.69) is 33.4 Å². The summed E-state index contributed by atoms with van der Waals surface area (Å²) in [6.07, 6.45) is 1.36. The number of hydrogen-bond donors (Lipinski definition) is 1. The number of aryl methyl sites for hydroxylation is 1. The summed E-state index contributed by atoms with van der Waals surface area (Å²) in [6.45, 7) is 0. The number of amides is 1. The highest BCUT2D eigenvalue weighted by Gasteiger charge is 2.17. The van der Waals surface area contributed by atoms with Crippen molar-refractivity contribution < 1.29 is 9.53 Å². The van der Waals surface area contributed by atoms with Gasteiger partial charge in [-0.1, -0.05) is 40.2 Å². The lowest BCUT2D eigenvalue weighted by atomic mass is 9.97. The van der Waals surface area contributed by atoms with E-state index in [4.69, 9.17) is 4.74 Å². The van der Waals surface area contributed by atoms with Gasteiger partial charge in [0.2, 0.25) is 5.91 Å². The number of benzene rings is 2. The van der Waals surface area contributed by atoms with Gasteiger partial charge in [0.25, 0.3) is 0 Å². The molecule has 4 heteroatoms. The maximum atomic E-state index is 11.4. The summed E-state index contributed by atoms with van der Waals surface area (Å²) >= 11 is 3.75. The monoisotopic (exact) mass is 345 g/mol. The lowest BCUT2D eigenvalue weighted by molar-refractivity contribution is -0.116. The Morgan fingerprint density at radius 3 is 2.76 bits per heavy atom. The molecule has 1 aliphatic rings. The fourth-order valence-electron chi connectivity index (χ4n) is 2.55. The third kappa shape index (κ3) is 2.95. The molecule has 0 fully saturated rings. The fourth-order valence-corrected chi connectivity index (χ4v) is 3.12. The lowest BCUT2D eigenvalue weighted by Gasteiger charge is -2.19. The van der Waals surface area contributed by atoms with Crippen LogP contribution in [-0.4, -0.2) is 13.0 Å². The van der Waals surface area contributed by atoms with Crippen LogP contribution >= 0.6 is 15.9 Å². The molecule has 2 aromatic carbocycles. The van der Waals surface area contributed by atoms with E-state index in [0.717, 1.165) is 23.4 Å². The number of methoxy groups -OCH3 is 1. The van der Waals surface area contributed by atoms with Crippen LogP contribution in [0, 0.1) is 0 Å². The predicted molar refractivity (Wildman–Crippen MR) is 87.2 cm³/mol. The molecule has 0 spiro atoms. The molecule has 2 aromatic rings. The number of carbonyl (C=O) groups is 1. The Labute approximate surface area is 132 Å². The number of ether oxygens (including phenoxy) is 1. The molecule has 0 aromatic heterocycles. The first-order valence-corrected chi connectivity index (χ1v) is 7.79. The minimum absolute atomic E-state index is 0.0958. The average Bonchev–Trinajstić information content (AvgIpc) is 2.53. The normalized spacial score (nSPS) is 15.0. The molecule has 1 N–H and O–H groups in total. The molecule has 108 valence electrons. The first kappa shape index (κ1) is 14.1. The van der Waals surface area contributed by atoms with E-state index >= 15 is 0 Å². The minimum Gasteiger partial charge on any atom is -0.497 e. The van der Waals surface area contributed by atoms with Crippen LogP contribution in [0.3, 0.4) is 0 Å². The van der Waals surface area contributed by atoms with Gasteiger partial charge in [0, 0.05) is 12.1 Å². The van der Waals surface area contributed by atoms with Gasteiger partial charge in [0.05, 0.1) is 11.9 Å². The highest BCUT2D eigenvalue weighted by atomic mass is 79.9. The smallest absolute Gasteiger partial charge is 0.224 e. The molecule has 1 atom stereocenters. The van der Waals surface area contributed by atoms with Gasteiger partial charge in [-0.15, -0.1) is 0 Å². The maximum absolute atomic E-state index is 11.4.